The van der Waals surface area contributed by atoms with Crippen molar-refractivity contribution in [2.75, 3.05) is 13.7 Å². The lowest BCUT2D eigenvalue weighted by Gasteiger charge is -2.29. The Balaban J connectivity index is 3.85. The molecule has 0 aromatic rings. The SMILES string of the molecule is C=CCCCCCC(CC(C)(C)OC)NCC. The van der Waals surface area contributed by atoms with E-state index in [0.717, 1.165) is 19.4 Å². The highest BCUT2D eigenvalue weighted by molar-refractivity contribution is 4.78. The van der Waals surface area contributed by atoms with E-state index in [4.69, 9.17) is 4.74 Å². The molecule has 2 heteroatoms. The summed E-state index contributed by atoms with van der Waals surface area (Å²) in [6, 6.07) is 0.582. The maximum absolute atomic E-state index is 5.51. The monoisotopic (exact) mass is 241 g/mol. The van der Waals surface area contributed by atoms with Crippen molar-refractivity contribution in [3.8, 4) is 0 Å². The highest BCUT2D eigenvalue weighted by Gasteiger charge is 2.21. The third kappa shape index (κ3) is 9.37. The minimum Gasteiger partial charge on any atom is -0.379 e. The average Bonchev–Trinajstić information content (AvgIpc) is 2.28. The molecule has 0 saturated heterocycles. The average molecular weight is 241 g/mol. The van der Waals surface area contributed by atoms with Gasteiger partial charge in [0.05, 0.1) is 5.60 Å². The third-order valence-electron chi connectivity index (χ3n) is 3.24. The fourth-order valence-corrected chi connectivity index (χ4v) is 2.10. The Labute approximate surface area is 108 Å². The molecule has 0 fully saturated rings. The van der Waals surface area contributed by atoms with Crippen LogP contribution in [0.4, 0.5) is 0 Å². The van der Waals surface area contributed by atoms with Crippen molar-refractivity contribution in [3.63, 3.8) is 0 Å². The zero-order valence-electron chi connectivity index (χ0n) is 12.2. The Morgan fingerprint density at radius 3 is 2.53 bits per heavy atom. The van der Waals surface area contributed by atoms with Crippen LogP contribution >= 0.6 is 0 Å². The number of hydrogen-bond donors (Lipinski definition) is 1. The fourth-order valence-electron chi connectivity index (χ4n) is 2.10. The molecule has 17 heavy (non-hydrogen) atoms. The van der Waals surface area contributed by atoms with Gasteiger partial charge in [-0.25, -0.2) is 0 Å². The Morgan fingerprint density at radius 1 is 1.29 bits per heavy atom. The van der Waals surface area contributed by atoms with Crippen LogP contribution in [0.5, 0.6) is 0 Å². The molecule has 0 aromatic heterocycles. The lowest BCUT2D eigenvalue weighted by atomic mass is 9.94. The van der Waals surface area contributed by atoms with Gasteiger partial charge in [-0.15, -0.1) is 6.58 Å². The Morgan fingerprint density at radius 2 is 2.00 bits per heavy atom. The molecule has 0 aromatic carbocycles. The van der Waals surface area contributed by atoms with Gasteiger partial charge < -0.3 is 10.1 Å². The van der Waals surface area contributed by atoms with Gasteiger partial charge in [0.1, 0.15) is 0 Å². The summed E-state index contributed by atoms with van der Waals surface area (Å²) in [5.41, 5.74) is -0.0199. The summed E-state index contributed by atoms with van der Waals surface area (Å²) < 4.78 is 5.51. The van der Waals surface area contributed by atoms with E-state index >= 15 is 0 Å². The molecular weight excluding hydrogens is 210 g/mol. The van der Waals surface area contributed by atoms with Crippen LogP contribution in [0, 0.1) is 0 Å². The van der Waals surface area contributed by atoms with E-state index in [0.29, 0.717) is 6.04 Å². The summed E-state index contributed by atoms with van der Waals surface area (Å²) in [5, 5.41) is 3.56. The highest BCUT2D eigenvalue weighted by atomic mass is 16.5. The van der Waals surface area contributed by atoms with E-state index in [1.54, 1.807) is 7.11 Å². The predicted octanol–water partition coefficient (Wildman–Crippen LogP) is 3.92. The van der Waals surface area contributed by atoms with Gasteiger partial charge in [-0.1, -0.05) is 25.8 Å². The molecule has 0 aliphatic rings. The minimum absolute atomic E-state index is 0.0199. The number of unbranched alkanes of at least 4 members (excludes halogenated alkanes) is 3. The van der Waals surface area contributed by atoms with Crippen LogP contribution in [0.3, 0.4) is 0 Å². The summed E-state index contributed by atoms with van der Waals surface area (Å²) in [4.78, 5) is 0. The van der Waals surface area contributed by atoms with Crippen LogP contribution in [0.25, 0.3) is 0 Å². The van der Waals surface area contributed by atoms with Crippen LogP contribution in [-0.4, -0.2) is 25.3 Å². The molecule has 0 amide bonds. The minimum atomic E-state index is -0.0199. The summed E-state index contributed by atoms with van der Waals surface area (Å²) in [6.07, 6.45) is 9.37. The summed E-state index contributed by atoms with van der Waals surface area (Å²) in [7, 11) is 1.80. The van der Waals surface area contributed by atoms with Crippen molar-refractivity contribution in [2.45, 2.75) is 70.9 Å². The second kappa shape index (κ2) is 9.67. The fraction of sp³-hybridized carbons (Fsp3) is 0.867. The molecule has 0 bridgehead atoms. The van der Waals surface area contributed by atoms with Crippen LogP contribution in [-0.2, 0) is 4.74 Å². The zero-order chi connectivity index (χ0) is 13.1. The second-order valence-corrected chi connectivity index (χ2v) is 5.35. The van der Waals surface area contributed by atoms with Crippen molar-refractivity contribution in [2.24, 2.45) is 0 Å². The van der Waals surface area contributed by atoms with Crippen LogP contribution < -0.4 is 5.32 Å². The van der Waals surface area contributed by atoms with Crippen molar-refractivity contribution >= 4 is 0 Å². The number of methoxy groups -OCH3 is 1. The topological polar surface area (TPSA) is 21.3 Å². The van der Waals surface area contributed by atoms with Crippen molar-refractivity contribution in [1.29, 1.82) is 0 Å². The van der Waals surface area contributed by atoms with Gasteiger partial charge in [0.15, 0.2) is 0 Å². The Bertz CT molecular complexity index is 189. The van der Waals surface area contributed by atoms with Gasteiger partial charge in [-0.3, -0.25) is 0 Å². The zero-order valence-corrected chi connectivity index (χ0v) is 12.2. The second-order valence-electron chi connectivity index (χ2n) is 5.35. The Kier molecular flexibility index (Phi) is 9.47. The predicted molar refractivity (Wildman–Crippen MR) is 76.5 cm³/mol. The van der Waals surface area contributed by atoms with E-state index in [-0.39, 0.29) is 5.60 Å². The number of allylic oxidation sites excluding steroid dienone is 1. The first-order valence-electron chi connectivity index (χ1n) is 6.95. The standard InChI is InChI=1S/C15H31NO/c1-6-8-9-10-11-12-14(16-7-2)13-15(3,4)17-5/h6,14,16H,1,7-13H2,2-5H3. The normalized spacial score (nSPS) is 13.6. The van der Waals surface area contributed by atoms with Crippen molar-refractivity contribution in [1.82, 2.24) is 5.32 Å². The van der Waals surface area contributed by atoms with Gasteiger partial charge in [-0.05, 0) is 46.1 Å². The molecule has 0 aliphatic carbocycles. The first-order valence-corrected chi connectivity index (χ1v) is 6.95. The van der Waals surface area contributed by atoms with E-state index < -0.39 is 0 Å². The third-order valence-corrected chi connectivity index (χ3v) is 3.24. The molecule has 1 atom stereocenters. The summed E-state index contributed by atoms with van der Waals surface area (Å²) >= 11 is 0. The van der Waals surface area contributed by atoms with Crippen LogP contribution in [0.15, 0.2) is 12.7 Å². The van der Waals surface area contributed by atoms with E-state index in [1.807, 2.05) is 6.08 Å². The number of nitrogens with one attached hydrogen (secondary N) is 1. The van der Waals surface area contributed by atoms with Gasteiger partial charge in [-0.2, -0.15) is 0 Å². The number of rotatable bonds is 11. The Hall–Kier alpha value is -0.340. The molecule has 0 radical (unpaired) electrons. The van der Waals surface area contributed by atoms with Gasteiger partial charge >= 0.3 is 0 Å². The molecule has 1 N–H and O–H groups in total. The first kappa shape index (κ1) is 16.7. The highest BCUT2D eigenvalue weighted by Crippen LogP contribution is 2.19. The smallest absolute Gasteiger partial charge is 0.0637 e. The molecule has 0 heterocycles. The molecule has 102 valence electrons. The van der Waals surface area contributed by atoms with E-state index in [9.17, 15) is 0 Å². The molecule has 1 unspecified atom stereocenters. The first-order chi connectivity index (χ1) is 8.05. The van der Waals surface area contributed by atoms with Gasteiger partial charge in [0.25, 0.3) is 0 Å². The lowest BCUT2D eigenvalue weighted by Crippen LogP contribution is -2.37. The number of hydrogen-bond acceptors (Lipinski definition) is 2. The summed E-state index contributed by atoms with van der Waals surface area (Å²) in [6.45, 7) is 11.3. The molecule has 2 nitrogen and oxygen atoms in total. The van der Waals surface area contributed by atoms with Crippen molar-refractivity contribution in [3.05, 3.63) is 12.7 Å². The summed E-state index contributed by atoms with van der Waals surface area (Å²) in [5.74, 6) is 0. The van der Waals surface area contributed by atoms with Crippen LogP contribution in [0.1, 0.15) is 59.3 Å². The maximum atomic E-state index is 5.51. The molecular formula is C15H31NO. The largest absolute Gasteiger partial charge is 0.379 e. The molecule has 0 spiro atoms. The van der Waals surface area contributed by atoms with E-state index in [2.05, 4.69) is 32.7 Å². The maximum Gasteiger partial charge on any atom is 0.0637 e. The van der Waals surface area contributed by atoms with Gasteiger partial charge in [0.2, 0.25) is 0 Å². The van der Waals surface area contributed by atoms with Crippen molar-refractivity contribution < 1.29 is 4.74 Å². The molecule has 0 rings (SSSR count). The molecule has 0 saturated carbocycles. The molecule has 0 aliphatic heterocycles. The van der Waals surface area contributed by atoms with Crippen LogP contribution in [0.2, 0.25) is 0 Å². The number of ether oxygens (including phenoxy) is 1. The lowest BCUT2D eigenvalue weighted by molar-refractivity contribution is 0.00633. The van der Waals surface area contributed by atoms with Gasteiger partial charge in [0, 0.05) is 13.2 Å². The quantitative estimate of drug-likeness (QED) is 0.437. The van der Waals surface area contributed by atoms with E-state index in [1.165, 1.54) is 25.7 Å².